The predicted octanol–water partition coefficient (Wildman–Crippen LogP) is 2.83. The van der Waals surface area contributed by atoms with Gasteiger partial charge in [0.05, 0.1) is 6.61 Å². The summed E-state index contributed by atoms with van der Waals surface area (Å²) in [5.41, 5.74) is 0. The molecule has 1 aliphatic rings. The van der Waals surface area contributed by atoms with Gasteiger partial charge < -0.3 is 19.3 Å². The van der Waals surface area contributed by atoms with Crippen molar-refractivity contribution in [3.05, 3.63) is 42.2 Å². The summed E-state index contributed by atoms with van der Waals surface area (Å²) < 4.78 is 37.0. The van der Waals surface area contributed by atoms with Crippen LogP contribution < -0.4 is 9.64 Å². The van der Waals surface area contributed by atoms with Gasteiger partial charge in [-0.1, -0.05) is 0 Å². The number of hydrogen-bond acceptors (Lipinski definition) is 6. The van der Waals surface area contributed by atoms with E-state index in [1.807, 2.05) is 4.90 Å². The third-order valence-electron chi connectivity index (χ3n) is 3.87. The Bertz CT molecular complexity index is 782. The van der Waals surface area contributed by atoms with Gasteiger partial charge >= 0.3 is 6.09 Å². The summed E-state index contributed by atoms with van der Waals surface area (Å²) in [5.74, 6) is -0.872. The van der Waals surface area contributed by atoms with Gasteiger partial charge in [-0.05, 0) is 19.1 Å². The fourth-order valence-electron chi connectivity index (χ4n) is 2.56. The van der Waals surface area contributed by atoms with Crippen molar-refractivity contribution in [2.24, 2.45) is 0 Å². The van der Waals surface area contributed by atoms with E-state index < -0.39 is 11.6 Å². The third-order valence-corrected chi connectivity index (χ3v) is 3.87. The molecule has 0 radical (unpaired) electrons. The molecule has 0 bridgehead atoms. The lowest BCUT2D eigenvalue weighted by atomic mass is 10.3. The topological polar surface area (TPSA) is 67.8 Å². The van der Waals surface area contributed by atoms with Gasteiger partial charge in [-0.3, -0.25) is 0 Å². The Morgan fingerprint density at radius 1 is 1.15 bits per heavy atom. The second-order valence-corrected chi connectivity index (χ2v) is 5.56. The van der Waals surface area contributed by atoms with Gasteiger partial charge in [0.25, 0.3) is 0 Å². The van der Waals surface area contributed by atoms with E-state index in [0.29, 0.717) is 38.6 Å². The molecule has 0 saturated carbocycles. The van der Waals surface area contributed by atoms with E-state index in [1.165, 1.54) is 12.4 Å². The van der Waals surface area contributed by atoms with Crippen LogP contribution in [0.25, 0.3) is 0 Å². The molecule has 0 unspecified atom stereocenters. The molecule has 0 aliphatic carbocycles. The standard InChI is InChI=1S/C17H18F2N4O3/c1-2-25-17(24)23-7-5-22(6-8-23)15-10-16(21-11-20-15)26-14-4-3-12(18)9-13(14)19/h3-4,9-11H,2,5-8H2,1H3. The molecule has 9 heteroatoms. The maximum atomic E-state index is 13.7. The Labute approximate surface area is 149 Å². The largest absolute Gasteiger partial charge is 0.450 e. The van der Waals surface area contributed by atoms with Crippen molar-refractivity contribution in [3.63, 3.8) is 0 Å². The first-order valence-corrected chi connectivity index (χ1v) is 8.18. The monoisotopic (exact) mass is 364 g/mol. The molecule has 1 aliphatic heterocycles. The average molecular weight is 364 g/mol. The first-order valence-electron chi connectivity index (χ1n) is 8.18. The van der Waals surface area contributed by atoms with Crippen LogP contribution in [0.4, 0.5) is 19.4 Å². The second-order valence-electron chi connectivity index (χ2n) is 5.56. The van der Waals surface area contributed by atoms with Crippen LogP contribution in [0, 0.1) is 11.6 Å². The number of anilines is 1. The van der Waals surface area contributed by atoms with Crippen molar-refractivity contribution < 1.29 is 23.0 Å². The van der Waals surface area contributed by atoms with Crippen molar-refractivity contribution in [1.29, 1.82) is 0 Å². The molecule has 1 aromatic carbocycles. The zero-order chi connectivity index (χ0) is 18.5. The summed E-state index contributed by atoms with van der Waals surface area (Å²) in [7, 11) is 0. The number of ether oxygens (including phenoxy) is 2. The number of hydrogen-bond donors (Lipinski definition) is 0. The number of rotatable bonds is 4. The summed E-state index contributed by atoms with van der Waals surface area (Å²) in [6, 6.07) is 4.62. The number of benzene rings is 1. The number of halogens is 2. The normalized spacial score (nSPS) is 14.3. The molecule has 0 N–H and O–H groups in total. The minimum Gasteiger partial charge on any atom is -0.450 e. The molecule has 1 saturated heterocycles. The van der Waals surface area contributed by atoms with Crippen LogP contribution in [0.5, 0.6) is 11.6 Å². The minimum absolute atomic E-state index is 0.122. The van der Waals surface area contributed by atoms with Crippen LogP contribution in [-0.2, 0) is 4.74 Å². The summed E-state index contributed by atoms with van der Waals surface area (Å²) >= 11 is 0. The predicted molar refractivity (Wildman–Crippen MR) is 89.3 cm³/mol. The van der Waals surface area contributed by atoms with Crippen LogP contribution in [0.1, 0.15) is 6.92 Å². The van der Waals surface area contributed by atoms with Gasteiger partial charge in [-0.2, -0.15) is 0 Å². The number of carbonyl (C=O) groups is 1. The highest BCUT2D eigenvalue weighted by molar-refractivity contribution is 5.68. The molecular formula is C17H18F2N4O3. The molecule has 1 fully saturated rings. The number of aromatic nitrogens is 2. The van der Waals surface area contributed by atoms with Gasteiger partial charge in [0.2, 0.25) is 5.88 Å². The Morgan fingerprint density at radius 2 is 1.92 bits per heavy atom. The van der Waals surface area contributed by atoms with E-state index in [1.54, 1.807) is 17.9 Å². The van der Waals surface area contributed by atoms with Crippen LogP contribution >= 0.6 is 0 Å². The maximum absolute atomic E-state index is 13.7. The Hall–Kier alpha value is -2.97. The lowest BCUT2D eigenvalue weighted by Crippen LogP contribution is -2.49. The summed E-state index contributed by atoms with van der Waals surface area (Å²) in [6.45, 7) is 4.25. The number of piperazine rings is 1. The zero-order valence-corrected chi connectivity index (χ0v) is 14.2. The first-order chi connectivity index (χ1) is 12.6. The number of amides is 1. The molecule has 1 aromatic heterocycles. The van der Waals surface area contributed by atoms with E-state index in [0.717, 1.165) is 12.1 Å². The van der Waals surface area contributed by atoms with Crippen LogP contribution in [0.15, 0.2) is 30.6 Å². The Balaban J connectivity index is 1.65. The summed E-state index contributed by atoms with van der Waals surface area (Å²) in [6.07, 6.45) is 0.981. The second kappa shape index (κ2) is 7.94. The van der Waals surface area contributed by atoms with Gasteiger partial charge in [0.1, 0.15) is 18.0 Å². The molecule has 2 aromatic rings. The van der Waals surface area contributed by atoms with E-state index in [2.05, 4.69) is 9.97 Å². The van der Waals surface area contributed by atoms with E-state index in [4.69, 9.17) is 9.47 Å². The fraction of sp³-hybridized carbons (Fsp3) is 0.353. The molecule has 3 rings (SSSR count). The zero-order valence-electron chi connectivity index (χ0n) is 14.2. The Kier molecular flexibility index (Phi) is 5.45. The fourth-order valence-corrected chi connectivity index (χ4v) is 2.56. The minimum atomic E-state index is -0.812. The van der Waals surface area contributed by atoms with Crippen molar-refractivity contribution in [2.45, 2.75) is 6.92 Å². The molecule has 0 atom stereocenters. The molecule has 0 spiro atoms. The van der Waals surface area contributed by atoms with Crippen molar-refractivity contribution in [3.8, 4) is 11.6 Å². The molecule has 7 nitrogen and oxygen atoms in total. The van der Waals surface area contributed by atoms with E-state index in [-0.39, 0.29) is 17.7 Å². The van der Waals surface area contributed by atoms with E-state index in [9.17, 15) is 13.6 Å². The van der Waals surface area contributed by atoms with Gasteiger partial charge in [0, 0.05) is 38.3 Å². The van der Waals surface area contributed by atoms with Gasteiger partial charge in [0.15, 0.2) is 11.6 Å². The number of carbonyl (C=O) groups excluding carboxylic acids is 1. The smallest absolute Gasteiger partial charge is 0.409 e. The molecule has 2 heterocycles. The van der Waals surface area contributed by atoms with Gasteiger partial charge in [-0.15, -0.1) is 0 Å². The van der Waals surface area contributed by atoms with Crippen LogP contribution in [-0.4, -0.2) is 53.7 Å². The van der Waals surface area contributed by atoms with Crippen molar-refractivity contribution >= 4 is 11.9 Å². The number of nitrogens with zero attached hydrogens (tertiary/aromatic N) is 4. The van der Waals surface area contributed by atoms with Crippen LogP contribution in [0.3, 0.4) is 0 Å². The lowest BCUT2D eigenvalue weighted by Gasteiger charge is -2.34. The van der Waals surface area contributed by atoms with Crippen molar-refractivity contribution in [2.75, 3.05) is 37.7 Å². The molecule has 138 valence electrons. The maximum Gasteiger partial charge on any atom is 0.409 e. The van der Waals surface area contributed by atoms with E-state index >= 15 is 0 Å². The van der Waals surface area contributed by atoms with Crippen LogP contribution in [0.2, 0.25) is 0 Å². The highest BCUT2D eigenvalue weighted by atomic mass is 19.1. The first kappa shape index (κ1) is 17.8. The summed E-state index contributed by atoms with van der Waals surface area (Å²) in [5, 5.41) is 0. The molecular weight excluding hydrogens is 346 g/mol. The van der Waals surface area contributed by atoms with Crippen molar-refractivity contribution in [1.82, 2.24) is 14.9 Å². The SMILES string of the molecule is CCOC(=O)N1CCN(c2cc(Oc3ccc(F)cc3F)ncn2)CC1. The third kappa shape index (κ3) is 4.16. The lowest BCUT2D eigenvalue weighted by molar-refractivity contribution is 0.105. The molecule has 1 amide bonds. The summed E-state index contributed by atoms with van der Waals surface area (Å²) in [4.78, 5) is 23.5. The Morgan fingerprint density at radius 3 is 2.62 bits per heavy atom. The molecule has 26 heavy (non-hydrogen) atoms. The van der Waals surface area contributed by atoms with Gasteiger partial charge in [-0.25, -0.2) is 23.5 Å². The average Bonchev–Trinajstić information content (AvgIpc) is 2.65. The highest BCUT2D eigenvalue weighted by Gasteiger charge is 2.23. The highest BCUT2D eigenvalue weighted by Crippen LogP contribution is 2.25. The quantitative estimate of drug-likeness (QED) is 0.831.